The first kappa shape index (κ1) is 25.2. The molecule has 9 heteroatoms. The van der Waals surface area contributed by atoms with Crippen LogP contribution in [0, 0.1) is 18.8 Å². The first-order valence-corrected chi connectivity index (χ1v) is 11.1. The fraction of sp³-hybridized carbons (Fsp3) is 0.304. The fourth-order valence-corrected chi connectivity index (χ4v) is 3.65. The van der Waals surface area contributed by atoms with Gasteiger partial charge in [-0.2, -0.15) is 4.31 Å². The Morgan fingerprint density at radius 1 is 1.06 bits per heavy atom. The highest BCUT2D eigenvalue weighted by Gasteiger charge is 2.34. The van der Waals surface area contributed by atoms with Crippen molar-refractivity contribution in [1.82, 2.24) is 9.79 Å². The number of nitrogens with one attached hydrogen (secondary N) is 1. The molecule has 0 radical (unpaired) electrons. The second kappa shape index (κ2) is 10.5. The average Bonchev–Trinajstić information content (AvgIpc) is 2.78. The number of methoxy groups -OCH3 is 1. The van der Waals surface area contributed by atoms with Gasteiger partial charge in [0.1, 0.15) is 6.29 Å². The van der Waals surface area contributed by atoms with Crippen molar-refractivity contribution < 1.29 is 27.6 Å². The van der Waals surface area contributed by atoms with Crippen molar-refractivity contribution in [2.24, 2.45) is 0 Å². The summed E-state index contributed by atoms with van der Waals surface area (Å²) in [4.78, 5) is 28.8. The molecule has 32 heavy (non-hydrogen) atoms. The van der Waals surface area contributed by atoms with Crippen LogP contribution in [0.1, 0.15) is 30.5 Å². The van der Waals surface area contributed by atoms with Crippen molar-refractivity contribution in [2.45, 2.75) is 37.5 Å². The van der Waals surface area contributed by atoms with Crippen LogP contribution in [-0.4, -0.2) is 50.9 Å². The number of nitrogens with zero attached hydrogens (tertiary/aromatic N) is 1. The number of hydroxylamine groups is 1. The number of aryl methyl sites for hydroxylation is 1. The average molecular weight is 459 g/mol. The van der Waals surface area contributed by atoms with E-state index >= 15 is 0 Å². The van der Waals surface area contributed by atoms with E-state index < -0.39 is 27.8 Å². The molecule has 0 aliphatic carbocycles. The maximum atomic E-state index is 12.9. The van der Waals surface area contributed by atoms with Gasteiger partial charge in [-0.15, -0.1) is 0 Å². The Balaban J connectivity index is 2.16. The fourth-order valence-electron chi connectivity index (χ4n) is 2.40. The number of rotatable bonds is 8. The Hall–Kier alpha value is -3.03. The number of aldehydes is 1. The molecule has 2 aromatic rings. The van der Waals surface area contributed by atoms with Gasteiger partial charge in [0, 0.05) is 25.3 Å². The Kier molecular flexibility index (Phi) is 8.30. The van der Waals surface area contributed by atoms with E-state index in [0.29, 0.717) is 9.87 Å². The zero-order chi connectivity index (χ0) is 23.9. The lowest BCUT2D eigenvalue weighted by Gasteiger charge is -2.26. The number of likely N-dealkylation sites (N-methyl/N-ethyl adjacent to an activating group) is 1. The molecule has 0 spiro atoms. The summed E-state index contributed by atoms with van der Waals surface area (Å²) in [7, 11) is -1.63. The van der Waals surface area contributed by atoms with E-state index in [1.165, 1.54) is 33.1 Å². The molecule has 1 amide bonds. The zero-order valence-electron chi connectivity index (χ0n) is 18.6. The van der Waals surface area contributed by atoms with E-state index in [1.54, 1.807) is 12.1 Å². The van der Waals surface area contributed by atoms with Crippen LogP contribution in [0.25, 0.3) is 0 Å². The molecule has 0 aliphatic heterocycles. The minimum Gasteiger partial charge on any atom is -0.352 e. The van der Waals surface area contributed by atoms with Crippen LogP contribution in [0.4, 0.5) is 0 Å². The summed E-state index contributed by atoms with van der Waals surface area (Å²) in [6.07, 6.45) is 0.220. The molecule has 8 nitrogen and oxygen atoms in total. The van der Waals surface area contributed by atoms with Crippen LogP contribution in [0.15, 0.2) is 53.4 Å². The predicted molar refractivity (Wildman–Crippen MR) is 119 cm³/mol. The lowest BCUT2D eigenvalue weighted by molar-refractivity contribution is -0.232. The van der Waals surface area contributed by atoms with Crippen molar-refractivity contribution in [2.75, 3.05) is 14.2 Å². The molecule has 0 bridgehead atoms. The van der Waals surface area contributed by atoms with Gasteiger partial charge in [-0.05, 0) is 57.2 Å². The third kappa shape index (κ3) is 6.48. The Bertz CT molecular complexity index is 1110. The van der Waals surface area contributed by atoms with E-state index in [9.17, 15) is 18.0 Å². The van der Waals surface area contributed by atoms with E-state index in [0.717, 1.165) is 18.2 Å². The number of sulfonamides is 1. The topological polar surface area (TPSA) is 102 Å². The quantitative estimate of drug-likeness (QED) is 0.214. The van der Waals surface area contributed by atoms with Gasteiger partial charge < -0.3 is 9.53 Å². The summed E-state index contributed by atoms with van der Waals surface area (Å²) >= 11 is 0. The van der Waals surface area contributed by atoms with Crippen molar-refractivity contribution in [3.05, 3.63) is 65.2 Å². The standard InChI is InChI=1S/C23H26N2O6S/c1-17-6-8-18(9-7-17)10-11-19-12-14-20(15-13-19)32(28,29)25(4)21(16-26)22(27)24-31-23(2,3)30-5/h6-9,12-16,21H,1-5H3,(H,24,27)/t21-/m0/s1. The van der Waals surface area contributed by atoms with Crippen LogP contribution in [-0.2, 0) is 29.2 Å². The second-order valence-corrected chi connectivity index (χ2v) is 9.41. The lowest BCUT2D eigenvalue weighted by atomic mass is 10.1. The number of hydrogen-bond acceptors (Lipinski definition) is 6. The SMILES string of the molecule is COC(C)(C)ONC(=O)[C@H](C=O)N(C)S(=O)(=O)c1ccc(C#Cc2ccc(C)cc2)cc1. The number of hydrogen-bond donors (Lipinski definition) is 1. The first-order valence-electron chi connectivity index (χ1n) is 9.65. The molecule has 0 saturated heterocycles. The molecular weight excluding hydrogens is 432 g/mol. The minimum atomic E-state index is -4.14. The highest BCUT2D eigenvalue weighted by Crippen LogP contribution is 2.17. The van der Waals surface area contributed by atoms with Gasteiger partial charge in [0.05, 0.1) is 4.90 Å². The molecular formula is C23H26N2O6S. The van der Waals surface area contributed by atoms with Crippen molar-refractivity contribution in [3.8, 4) is 11.8 Å². The van der Waals surface area contributed by atoms with Crippen LogP contribution in [0.2, 0.25) is 0 Å². The van der Waals surface area contributed by atoms with Gasteiger partial charge >= 0.3 is 0 Å². The maximum Gasteiger partial charge on any atom is 0.269 e. The lowest BCUT2D eigenvalue weighted by Crippen LogP contribution is -2.50. The van der Waals surface area contributed by atoms with Crippen molar-refractivity contribution in [1.29, 1.82) is 0 Å². The molecule has 0 aliphatic rings. The first-order chi connectivity index (χ1) is 15.0. The molecule has 2 aromatic carbocycles. The van der Waals surface area contributed by atoms with Gasteiger partial charge in [0.25, 0.3) is 5.91 Å². The van der Waals surface area contributed by atoms with Gasteiger partial charge in [0.2, 0.25) is 10.0 Å². The number of benzene rings is 2. The summed E-state index contributed by atoms with van der Waals surface area (Å²) in [5.41, 5.74) is 4.64. The molecule has 1 atom stereocenters. The van der Waals surface area contributed by atoms with Crippen molar-refractivity contribution >= 4 is 22.2 Å². The summed E-state index contributed by atoms with van der Waals surface area (Å²) < 4.78 is 31.5. The number of ether oxygens (including phenoxy) is 1. The van der Waals surface area contributed by atoms with Gasteiger partial charge in [-0.3, -0.25) is 4.79 Å². The monoisotopic (exact) mass is 458 g/mol. The van der Waals surface area contributed by atoms with Crippen LogP contribution < -0.4 is 5.48 Å². The minimum absolute atomic E-state index is 0.0846. The van der Waals surface area contributed by atoms with Gasteiger partial charge in [0.15, 0.2) is 11.8 Å². The maximum absolute atomic E-state index is 12.9. The van der Waals surface area contributed by atoms with E-state index in [2.05, 4.69) is 17.3 Å². The number of carbonyl (C=O) groups excluding carboxylic acids is 2. The highest BCUT2D eigenvalue weighted by molar-refractivity contribution is 7.89. The largest absolute Gasteiger partial charge is 0.352 e. The molecule has 170 valence electrons. The van der Waals surface area contributed by atoms with Crippen LogP contribution in [0.5, 0.6) is 0 Å². The zero-order valence-corrected chi connectivity index (χ0v) is 19.4. The Morgan fingerprint density at radius 2 is 1.56 bits per heavy atom. The van der Waals surface area contributed by atoms with Crippen molar-refractivity contribution in [3.63, 3.8) is 0 Å². The summed E-state index contributed by atoms with van der Waals surface area (Å²) in [5, 5.41) is 0. The van der Waals surface area contributed by atoms with E-state index in [4.69, 9.17) is 9.57 Å². The van der Waals surface area contributed by atoms with Crippen LogP contribution >= 0.6 is 0 Å². The van der Waals surface area contributed by atoms with E-state index in [-0.39, 0.29) is 11.2 Å². The smallest absolute Gasteiger partial charge is 0.269 e. The molecule has 0 heterocycles. The van der Waals surface area contributed by atoms with Gasteiger partial charge in [-0.25, -0.2) is 18.7 Å². The predicted octanol–water partition coefficient (Wildman–Crippen LogP) is 2.01. The number of amides is 1. The second-order valence-electron chi connectivity index (χ2n) is 7.41. The third-order valence-electron chi connectivity index (χ3n) is 4.61. The molecule has 0 fully saturated rings. The Labute approximate surface area is 188 Å². The molecule has 2 rings (SSSR count). The summed E-state index contributed by atoms with van der Waals surface area (Å²) in [5.74, 6) is 3.87. The van der Waals surface area contributed by atoms with Gasteiger partial charge in [-0.1, -0.05) is 29.5 Å². The van der Waals surface area contributed by atoms with E-state index in [1.807, 2.05) is 31.2 Å². The highest BCUT2D eigenvalue weighted by atomic mass is 32.2. The molecule has 0 saturated carbocycles. The molecule has 1 N–H and O–H groups in total. The van der Waals surface area contributed by atoms with Crippen LogP contribution in [0.3, 0.4) is 0 Å². The summed E-state index contributed by atoms with van der Waals surface area (Å²) in [6, 6.07) is 11.9. The molecule has 0 unspecified atom stereocenters. The normalized spacial score (nSPS) is 12.6. The summed E-state index contributed by atoms with van der Waals surface area (Å²) in [6.45, 7) is 5.06. The number of carbonyl (C=O) groups is 2. The Morgan fingerprint density at radius 3 is 2.03 bits per heavy atom. The third-order valence-corrected chi connectivity index (χ3v) is 6.47. The molecule has 0 aromatic heterocycles.